The van der Waals surface area contributed by atoms with Gasteiger partial charge in [-0.2, -0.15) is 0 Å². The van der Waals surface area contributed by atoms with Crippen LogP contribution in [0.4, 0.5) is 5.82 Å². The Labute approximate surface area is 162 Å². The zero-order valence-corrected chi connectivity index (χ0v) is 16.7. The first-order valence-corrected chi connectivity index (χ1v) is 9.65. The number of fused-ring (bicyclic) bond motifs is 1. The number of halogens is 1. The highest BCUT2D eigenvalue weighted by Crippen LogP contribution is 2.29. The van der Waals surface area contributed by atoms with Crippen molar-refractivity contribution in [3.63, 3.8) is 0 Å². The SMILES string of the molecule is CCCC(C)(Br)CCn1cnc2ncnc(NOCc3ccccc3)c21. The van der Waals surface area contributed by atoms with E-state index in [1.165, 1.54) is 6.33 Å². The molecule has 0 bridgehead atoms. The summed E-state index contributed by atoms with van der Waals surface area (Å²) in [5, 5.41) is 0. The van der Waals surface area contributed by atoms with Crippen LogP contribution in [0.15, 0.2) is 43.0 Å². The molecule has 2 heterocycles. The van der Waals surface area contributed by atoms with E-state index in [0.29, 0.717) is 18.1 Å². The lowest BCUT2D eigenvalue weighted by Gasteiger charge is -2.22. The van der Waals surface area contributed by atoms with E-state index in [1.807, 2.05) is 36.7 Å². The Morgan fingerprint density at radius 3 is 2.73 bits per heavy atom. The number of hydrogen-bond acceptors (Lipinski definition) is 5. The van der Waals surface area contributed by atoms with E-state index < -0.39 is 0 Å². The second kappa shape index (κ2) is 8.60. The normalized spacial score (nSPS) is 13.7. The van der Waals surface area contributed by atoms with Gasteiger partial charge in [0.05, 0.1) is 12.9 Å². The molecule has 0 saturated carbocycles. The van der Waals surface area contributed by atoms with Crippen molar-refractivity contribution in [1.29, 1.82) is 0 Å². The first-order valence-electron chi connectivity index (χ1n) is 8.85. The molecule has 0 aliphatic heterocycles. The average Bonchev–Trinajstić information content (AvgIpc) is 3.05. The fourth-order valence-electron chi connectivity index (χ4n) is 2.92. The van der Waals surface area contributed by atoms with Gasteiger partial charge in [0.15, 0.2) is 11.5 Å². The van der Waals surface area contributed by atoms with E-state index >= 15 is 0 Å². The van der Waals surface area contributed by atoms with Crippen LogP contribution in [-0.4, -0.2) is 23.8 Å². The molecule has 0 aliphatic rings. The quantitative estimate of drug-likeness (QED) is 0.403. The summed E-state index contributed by atoms with van der Waals surface area (Å²) in [4.78, 5) is 18.6. The van der Waals surface area contributed by atoms with Gasteiger partial charge in [0.1, 0.15) is 11.8 Å². The standard InChI is InChI=1S/C19H24BrN5O/c1-3-9-19(2,20)10-11-25-14-23-17-16(25)18(22-13-21-17)24-26-12-15-7-5-4-6-8-15/h4-8,13-14H,3,9-12H2,1-2H3,(H,21,22,24). The van der Waals surface area contributed by atoms with Gasteiger partial charge in [0, 0.05) is 10.9 Å². The van der Waals surface area contributed by atoms with Crippen molar-refractivity contribution in [2.45, 2.75) is 50.6 Å². The molecule has 0 spiro atoms. The maximum Gasteiger partial charge on any atom is 0.183 e. The molecule has 1 unspecified atom stereocenters. The third-order valence-corrected chi connectivity index (χ3v) is 5.10. The Kier molecular flexibility index (Phi) is 6.21. The minimum absolute atomic E-state index is 0.116. The topological polar surface area (TPSA) is 64.9 Å². The van der Waals surface area contributed by atoms with Crippen LogP contribution >= 0.6 is 15.9 Å². The Balaban J connectivity index is 1.71. The van der Waals surface area contributed by atoms with Gasteiger partial charge in [0.25, 0.3) is 0 Å². The number of hydrogen-bond donors (Lipinski definition) is 1. The number of imidazole rings is 1. The van der Waals surface area contributed by atoms with Crippen molar-refractivity contribution in [2.24, 2.45) is 0 Å². The molecule has 138 valence electrons. The second-order valence-corrected chi connectivity index (χ2v) is 8.54. The van der Waals surface area contributed by atoms with E-state index in [4.69, 9.17) is 4.84 Å². The van der Waals surface area contributed by atoms with Gasteiger partial charge in [-0.15, -0.1) is 0 Å². The van der Waals surface area contributed by atoms with E-state index in [1.54, 1.807) is 0 Å². The fraction of sp³-hybridized carbons (Fsp3) is 0.421. The van der Waals surface area contributed by atoms with Crippen LogP contribution in [0.25, 0.3) is 11.2 Å². The molecular formula is C19H24BrN5O. The van der Waals surface area contributed by atoms with Crippen molar-refractivity contribution in [2.75, 3.05) is 5.48 Å². The smallest absolute Gasteiger partial charge is 0.183 e. The number of nitrogens with zero attached hydrogens (tertiary/aromatic N) is 4. The zero-order chi connectivity index (χ0) is 18.4. The summed E-state index contributed by atoms with van der Waals surface area (Å²) in [6.45, 7) is 5.72. The molecule has 0 aliphatic carbocycles. The molecule has 0 amide bonds. The van der Waals surface area contributed by atoms with Gasteiger partial charge in [-0.25, -0.2) is 20.4 Å². The molecule has 1 atom stereocenters. The van der Waals surface area contributed by atoms with Crippen LogP contribution in [0.3, 0.4) is 0 Å². The lowest BCUT2D eigenvalue weighted by Crippen LogP contribution is -2.18. The highest BCUT2D eigenvalue weighted by Gasteiger charge is 2.20. The molecule has 26 heavy (non-hydrogen) atoms. The van der Waals surface area contributed by atoms with Crippen molar-refractivity contribution < 1.29 is 4.84 Å². The van der Waals surface area contributed by atoms with E-state index in [2.05, 4.69) is 54.8 Å². The predicted octanol–water partition coefficient (Wildman–Crippen LogP) is 4.71. The number of rotatable bonds is 9. The molecule has 1 N–H and O–H groups in total. The number of aromatic nitrogens is 4. The first-order chi connectivity index (χ1) is 12.6. The average molecular weight is 418 g/mol. The van der Waals surface area contributed by atoms with Gasteiger partial charge < -0.3 is 4.57 Å². The van der Waals surface area contributed by atoms with Gasteiger partial charge >= 0.3 is 0 Å². The van der Waals surface area contributed by atoms with Gasteiger partial charge in [-0.1, -0.05) is 59.6 Å². The number of anilines is 1. The van der Waals surface area contributed by atoms with E-state index in [9.17, 15) is 0 Å². The summed E-state index contributed by atoms with van der Waals surface area (Å²) >= 11 is 3.83. The zero-order valence-electron chi connectivity index (χ0n) is 15.2. The largest absolute Gasteiger partial charge is 0.326 e. The molecule has 7 heteroatoms. The van der Waals surface area contributed by atoms with Crippen LogP contribution in [0.5, 0.6) is 0 Å². The van der Waals surface area contributed by atoms with Gasteiger partial charge in [0.2, 0.25) is 0 Å². The Hall–Kier alpha value is -1.99. The summed E-state index contributed by atoms with van der Waals surface area (Å²) in [7, 11) is 0. The van der Waals surface area contributed by atoms with Gasteiger partial charge in [-0.3, -0.25) is 4.84 Å². The van der Waals surface area contributed by atoms with Crippen LogP contribution in [0, 0.1) is 0 Å². The summed E-state index contributed by atoms with van der Waals surface area (Å²) in [6.07, 6.45) is 6.58. The van der Waals surface area contributed by atoms with Crippen molar-refractivity contribution in [3.8, 4) is 0 Å². The van der Waals surface area contributed by atoms with Crippen LogP contribution in [-0.2, 0) is 18.0 Å². The molecular weight excluding hydrogens is 394 g/mol. The molecule has 2 aromatic heterocycles. The summed E-state index contributed by atoms with van der Waals surface area (Å²) in [6, 6.07) is 10.0. The number of benzene rings is 1. The van der Waals surface area contributed by atoms with Crippen LogP contribution in [0.2, 0.25) is 0 Å². The molecule has 6 nitrogen and oxygen atoms in total. The van der Waals surface area contributed by atoms with Crippen molar-refractivity contribution >= 4 is 32.9 Å². The Bertz CT molecular complexity index is 834. The number of nitrogens with one attached hydrogen (secondary N) is 1. The maximum absolute atomic E-state index is 5.63. The summed E-state index contributed by atoms with van der Waals surface area (Å²) in [5.41, 5.74) is 5.58. The Morgan fingerprint density at radius 1 is 1.15 bits per heavy atom. The number of alkyl halides is 1. The molecule has 0 radical (unpaired) electrons. The lowest BCUT2D eigenvalue weighted by molar-refractivity contribution is 0.179. The highest BCUT2D eigenvalue weighted by molar-refractivity contribution is 9.10. The minimum atomic E-state index is 0.116. The minimum Gasteiger partial charge on any atom is -0.326 e. The highest BCUT2D eigenvalue weighted by atomic mass is 79.9. The second-order valence-electron chi connectivity index (χ2n) is 6.62. The molecule has 3 rings (SSSR count). The summed E-state index contributed by atoms with van der Waals surface area (Å²) < 4.78 is 2.20. The van der Waals surface area contributed by atoms with E-state index in [0.717, 1.165) is 36.9 Å². The Morgan fingerprint density at radius 2 is 1.96 bits per heavy atom. The molecule has 0 saturated heterocycles. The first kappa shape index (κ1) is 18.8. The number of aryl methyl sites for hydroxylation is 1. The van der Waals surface area contributed by atoms with Crippen molar-refractivity contribution in [1.82, 2.24) is 19.5 Å². The van der Waals surface area contributed by atoms with Gasteiger partial charge in [-0.05, 0) is 25.3 Å². The van der Waals surface area contributed by atoms with Crippen LogP contribution < -0.4 is 5.48 Å². The predicted molar refractivity (Wildman–Crippen MR) is 107 cm³/mol. The lowest BCUT2D eigenvalue weighted by atomic mass is 10.0. The molecule has 1 aromatic carbocycles. The molecule has 3 aromatic rings. The van der Waals surface area contributed by atoms with E-state index in [-0.39, 0.29) is 4.32 Å². The molecule has 0 fully saturated rings. The van der Waals surface area contributed by atoms with Crippen LogP contribution in [0.1, 0.15) is 38.7 Å². The monoisotopic (exact) mass is 417 g/mol. The third kappa shape index (κ3) is 4.80. The third-order valence-electron chi connectivity index (χ3n) is 4.31. The summed E-state index contributed by atoms with van der Waals surface area (Å²) in [5.74, 6) is 0.634. The fourth-order valence-corrected chi connectivity index (χ4v) is 3.49. The maximum atomic E-state index is 5.63. The van der Waals surface area contributed by atoms with Crippen molar-refractivity contribution in [3.05, 3.63) is 48.5 Å².